The summed E-state index contributed by atoms with van der Waals surface area (Å²) in [6.45, 7) is 2.10. The molecule has 16 heavy (non-hydrogen) atoms. The van der Waals surface area contributed by atoms with Crippen LogP contribution in [-0.4, -0.2) is 9.78 Å². The highest BCUT2D eigenvalue weighted by molar-refractivity contribution is 14.1. The number of anilines is 1. The Labute approximate surface area is 109 Å². The first-order chi connectivity index (χ1) is 7.63. The number of aryl methyl sites for hydroxylation is 1. The predicted octanol–water partition coefficient (Wildman–Crippen LogP) is 2.84. The highest BCUT2D eigenvalue weighted by Gasteiger charge is 2.13. The number of halogens is 1. The largest absolute Gasteiger partial charge is 0.384 e. The molecule has 2 N–H and O–H groups in total. The van der Waals surface area contributed by atoms with Crippen molar-refractivity contribution in [3.05, 3.63) is 33.4 Å². The molecule has 2 rings (SSSR count). The van der Waals surface area contributed by atoms with Gasteiger partial charge in [0.2, 0.25) is 0 Å². The van der Waals surface area contributed by atoms with Crippen LogP contribution in [0.15, 0.2) is 24.3 Å². The maximum absolute atomic E-state index is 5.99. The molecule has 0 saturated carbocycles. The monoisotopic (exact) mass is 327 g/mol. The molecule has 2 aromatic rings. The molecule has 0 saturated heterocycles. The minimum atomic E-state index is 0.761. The topological polar surface area (TPSA) is 43.8 Å². The summed E-state index contributed by atoms with van der Waals surface area (Å²) in [7, 11) is 1.88. The van der Waals surface area contributed by atoms with Crippen LogP contribution in [0.2, 0.25) is 0 Å². The molecule has 0 bridgehead atoms. The van der Waals surface area contributed by atoms with Crippen molar-refractivity contribution in [3.63, 3.8) is 0 Å². The molecule has 0 fully saturated rings. The van der Waals surface area contributed by atoms with Gasteiger partial charge in [0.25, 0.3) is 0 Å². The highest BCUT2D eigenvalue weighted by Crippen LogP contribution is 2.27. The van der Waals surface area contributed by atoms with Crippen LogP contribution in [-0.2, 0) is 13.5 Å². The maximum Gasteiger partial charge on any atom is 0.125 e. The average Bonchev–Trinajstić information content (AvgIpc) is 2.55. The zero-order valence-corrected chi connectivity index (χ0v) is 11.5. The lowest BCUT2D eigenvalue weighted by Crippen LogP contribution is -1.98. The molecule has 84 valence electrons. The first-order valence-electron chi connectivity index (χ1n) is 5.20. The lowest BCUT2D eigenvalue weighted by molar-refractivity contribution is 0.781. The van der Waals surface area contributed by atoms with Crippen molar-refractivity contribution in [1.82, 2.24) is 9.78 Å². The van der Waals surface area contributed by atoms with Crippen molar-refractivity contribution in [1.29, 1.82) is 0 Å². The van der Waals surface area contributed by atoms with Crippen LogP contribution in [0, 0.1) is 3.57 Å². The van der Waals surface area contributed by atoms with Gasteiger partial charge in [-0.3, -0.25) is 4.68 Å². The summed E-state index contributed by atoms with van der Waals surface area (Å²) in [6.07, 6.45) is 0.903. The molecule has 4 heteroatoms. The number of nitrogens with zero attached hydrogens (tertiary/aromatic N) is 2. The summed E-state index contributed by atoms with van der Waals surface area (Å²) < 4.78 is 2.95. The van der Waals surface area contributed by atoms with Crippen LogP contribution in [0.3, 0.4) is 0 Å². The molecule has 1 aromatic heterocycles. The van der Waals surface area contributed by atoms with Gasteiger partial charge in [-0.15, -0.1) is 0 Å². The molecular formula is C12H14IN3. The number of nitrogen functional groups attached to an aromatic ring is 1. The molecule has 3 nitrogen and oxygen atoms in total. The van der Waals surface area contributed by atoms with E-state index in [4.69, 9.17) is 5.73 Å². The molecule has 1 heterocycles. The Morgan fingerprint density at radius 2 is 2.19 bits per heavy atom. The number of benzene rings is 1. The Kier molecular flexibility index (Phi) is 3.18. The van der Waals surface area contributed by atoms with E-state index in [9.17, 15) is 0 Å². The molecular weight excluding hydrogens is 313 g/mol. The van der Waals surface area contributed by atoms with E-state index in [0.717, 1.165) is 29.1 Å². The lowest BCUT2D eigenvalue weighted by atomic mass is 10.1. The number of hydrogen-bond acceptors (Lipinski definition) is 2. The van der Waals surface area contributed by atoms with Gasteiger partial charge in [-0.1, -0.05) is 19.1 Å². The van der Waals surface area contributed by atoms with Crippen molar-refractivity contribution >= 4 is 28.4 Å². The second kappa shape index (κ2) is 4.45. The van der Waals surface area contributed by atoms with Gasteiger partial charge >= 0.3 is 0 Å². The molecule has 1 aromatic carbocycles. The minimum Gasteiger partial charge on any atom is -0.384 e. The molecule has 0 atom stereocenters. The van der Waals surface area contributed by atoms with Crippen LogP contribution in [0.4, 0.5) is 5.82 Å². The summed E-state index contributed by atoms with van der Waals surface area (Å²) in [6, 6.07) is 8.31. The number of rotatable bonds is 2. The van der Waals surface area contributed by atoms with Gasteiger partial charge in [-0.25, -0.2) is 0 Å². The fourth-order valence-corrected chi connectivity index (χ4v) is 2.34. The van der Waals surface area contributed by atoms with Gasteiger partial charge in [-0.2, -0.15) is 5.10 Å². The van der Waals surface area contributed by atoms with E-state index in [1.54, 1.807) is 4.68 Å². The van der Waals surface area contributed by atoms with Crippen LogP contribution < -0.4 is 5.73 Å². The van der Waals surface area contributed by atoms with Crippen LogP contribution in [0.1, 0.15) is 12.5 Å². The smallest absolute Gasteiger partial charge is 0.125 e. The SMILES string of the molecule is CCc1c(-c2cccc(I)c2)nn(C)c1N. The second-order valence-corrected chi connectivity index (χ2v) is 4.95. The highest BCUT2D eigenvalue weighted by atomic mass is 127. The average molecular weight is 327 g/mol. The molecule has 0 aliphatic heterocycles. The Balaban J connectivity index is 2.60. The number of hydrogen-bond donors (Lipinski definition) is 1. The zero-order chi connectivity index (χ0) is 11.7. The quantitative estimate of drug-likeness (QED) is 0.862. The molecule has 0 unspecified atom stereocenters. The van der Waals surface area contributed by atoms with Crippen molar-refractivity contribution < 1.29 is 0 Å². The maximum atomic E-state index is 5.99. The van der Waals surface area contributed by atoms with Crippen molar-refractivity contribution in [3.8, 4) is 11.3 Å². The van der Waals surface area contributed by atoms with Gasteiger partial charge in [-0.05, 0) is 41.1 Å². The van der Waals surface area contributed by atoms with E-state index in [-0.39, 0.29) is 0 Å². The first-order valence-corrected chi connectivity index (χ1v) is 6.28. The van der Waals surface area contributed by atoms with E-state index in [2.05, 4.69) is 52.8 Å². The second-order valence-electron chi connectivity index (χ2n) is 3.70. The summed E-state index contributed by atoms with van der Waals surface area (Å²) in [5.74, 6) is 0.761. The predicted molar refractivity (Wildman–Crippen MR) is 75.2 cm³/mol. The summed E-state index contributed by atoms with van der Waals surface area (Å²) in [4.78, 5) is 0. The third-order valence-corrected chi connectivity index (χ3v) is 3.32. The van der Waals surface area contributed by atoms with E-state index in [0.29, 0.717) is 0 Å². The Morgan fingerprint density at radius 1 is 1.44 bits per heavy atom. The van der Waals surface area contributed by atoms with E-state index in [1.165, 1.54) is 3.57 Å². The van der Waals surface area contributed by atoms with Crippen molar-refractivity contribution in [2.75, 3.05) is 5.73 Å². The van der Waals surface area contributed by atoms with Gasteiger partial charge in [0.15, 0.2) is 0 Å². The normalized spacial score (nSPS) is 10.7. The lowest BCUT2D eigenvalue weighted by Gasteiger charge is -2.01. The number of nitrogens with two attached hydrogens (primary N) is 1. The van der Waals surface area contributed by atoms with Gasteiger partial charge < -0.3 is 5.73 Å². The van der Waals surface area contributed by atoms with E-state index >= 15 is 0 Å². The summed E-state index contributed by atoms with van der Waals surface area (Å²) in [5.41, 5.74) is 9.25. The molecule has 0 aliphatic rings. The molecule has 0 radical (unpaired) electrons. The van der Waals surface area contributed by atoms with Gasteiger partial charge in [0.1, 0.15) is 5.82 Å². The zero-order valence-electron chi connectivity index (χ0n) is 9.37. The van der Waals surface area contributed by atoms with Gasteiger partial charge in [0.05, 0.1) is 5.69 Å². The van der Waals surface area contributed by atoms with E-state index < -0.39 is 0 Å². The van der Waals surface area contributed by atoms with Crippen molar-refractivity contribution in [2.24, 2.45) is 7.05 Å². The first kappa shape index (κ1) is 11.4. The Hall–Kier alpha value is -1.04. The third-order valence-electron chi connectivity index (χ3n) is 2.65. The fourth-order valence-electron chi connectivity index (χ4n) is 1.80. The standard InChI is InChI=1S/C12H14IN3/c1-3-10-11(15-16(2)12(10)14)8-5-4-6-9(13)7-8/h4-7H,3,14H2,1-2H3. The van der Waals surface area contributed by atoms with Crippen LogP contribution in [0.5, 0.6) is 0 Å². The van der Waals surface area contributed by atoms with Crippen LogP contribution >= 0.6 is 22.6 Å². The molecule has 0 amide bonds. The minimum absolute atomic E-state index is 0.761. The van der Waals surface area contributed by atoms with Crippen LogP contribution in [0.25, 0.3) is 11.3 Å². The van der Waals surface area contributed by atoms with Gasteiger partial charge in [0, 0.05) is 21.7 Å². The third kappa shape index (κ3) is 1.93. The Bertz CT molecular complexity index is 517. The fraction of sp³-hybridized carbons (Fsp3) is 0.250. The summed E-state index contributed by atoms with van der Waals surface area (Å²) >= 11 is 2.31. The Morgan fingerprint density at radius 3 is 2.81 bits per heavy atom. The molecule has 0 spiro atoms. The molecule has 0 aliphatic carbocycles. The van der Waals surface area contributed by atoms with E-state index in [1.807, 2.05) is 13.1 Å². The number of aromatic nitrogens is 2. The summed E-state index contributed by atoms with van der Waals surface area (Å²) in [5, 5.41) is 4.48. The van der Waals surface area contributed by atoms with Crippen molar-refractivity contribution in [2.45, 2.75) is 13.3 Å².